The lowest BCUT2D eigenvalue weighted by Gasteiger charge is -2.11. The van der Waals surface area contributed by atoms with Crippen LogP contribution in [0.3, 0.4) is 0 Å². The lowest BCUT2D eigenvalue weighted by Crippen LogP contribution is -2.21. The third-order valence-electron chi connectivity index (χ3n) is 2.10. The molecule has 0 spiro atoms. The van der Waals surface area contributed by atoms with Crippen molar-refractivity contribution in [3.63, 3.8) is 0 Å². The molecule has 1 unspecified atom stereocenters. The van der Waals surface area contributed by atoms with E-state index in [9.17, 15) is 13.2 Å². The van der Waals surface area contributed by atoms with E-state index in [1.165, 1.54) is 0 Å². The average molecular weight is 252 g/mol. The van der Waals surface area contributed by atoms with E-state index in [0.717, 1.165) is 9.88 Å². The highest BCUT2D eigenvalue weighted by Crippen LogP contribution is 2.22. The van der Waals surface area contributed by atoms with E-state index in [1.54, 1.807) is 17.5 Å². The first-order valence-corrected chi connectivity index (χ1v) is 5.92. The fraction of sp³-hybridized carbons (Fsp3) is 0.700. The standard InChI is InChI=1S/C10H15F3N2S/c1-7-6-15-9(16-7)8(2)14-5-3-4-10(11,12)13/h6,8,14H,3-5H2,1-2H3. The number of nitrogens with one attached hydrogen (secondary N) is 1. The van der Waals surface area contributed by atoms with Gasteiger partial charge in [-0.05, 0) is 26.8 Å². The lowest BCUT2D eigenvalue weighted by atomic mass is 10.3. The summed E-state index contributed by atoms with van der Waals surface area (Å²) in [5.74, 6) is 0. The van der Waals surface area contributed by atoms with Crippen molar-refractivity contribution < 1.29 is 13.2 Å². The molecule has 0 radical (unpaired) electrons. The minimum atomic E-state index is -4.05. The summed E-state index contributed by atoms with van der Waals surface area (Å²) in [4.78, 5) is 5.29. The van der Waals surface area contributed by atoms with Gasteiger partial charge in [-0.15, -0.1) is 11.3 Å². The van der Waals surface area contributed by atoms with Crippen LogP contribution in [0.2, 0.25) is 0 Å². The Morgan fingerprint density at radius 2 is 2.19 bits per heavy atom. The van der Waals surface area contributed by atoms with Crippen molar-refractivity contribution in [1.82, 2.24) is 10.3 Å². The molecule has 92 valence electrons. The zero-order valence-electron chi connectivity index (χ0n) is 9.27. The maximum absolute atomic E-state index is 11.9. The zero-order chi connectivity index (χ0) is 12.2. The van der Waals surface area contributed by atoms with Gasteiger partial charge in [-0.1, -0.05) is 0 Å². The van der Waals surface area contributed by atoms with Crippen molar-refractivity contribution >= 4 is 11.3 Å². The van der Waals surface area contributed by atoms with Crippen molar-refractivity contribution in [2.24, 2.45) is 0 Å². The molecule has 1 atom stereocenters. The summed E-state index contributed by atoms with van der Waals surface area (Å²) in [5.41, 5.74) is 0. The first kappa shape index (κ1) is 13.4. The summed E-state index contributed by atoms with van der Waals surface area (Å²) in [6, 6.07) is 0.0203. The number of hydrogen-bond donors (Lipinski definition) is 1. The van der Waals surface area contributed by atoms with Gasteiger partial charge in [0.15, 0.2) is 0 Å². The molecule has 0 fully saturated rings. The third kappa shape index (κ3) is 4.94. The van der Waals surface area contributed by atoms with Crippen LogP contribution in [-0.2, 0) is 0 Å². The first-order chi connectivity index (χ1) is 7.38. The zero-order valence-corrected chi connectivity index (χ0v) is 10.1. The van der Waals surface area contributed by atoms with Crippen LogP contribution in [0.5, 0.6) is 0 Å². The molecular weight excluding hydrogens is 237 g/mol. The molecular formula is C10H15F3N2S. The van der Waals surface area contributed by atoms with E-state index in [4.69, 9.17) is 0 Å². The van der Waals surface area contributed by atoms with Crippen LogP contribution in [0.4, 0.5) is 13.2 Å². The molecule has 0 aromatic carbocycles. The summed E-state index contributed by atoms with van der Waals surface area (Å²) in [7, 11) is 0. The Morgan fingerprint density at radius 1 is 1.50 bits per heavy atom. The molecule has 1 aromatic heterocycles. The molecule has 0 aliphatic carbocycles. The van der Waals surface area contributed by atoms with Crippen LogP contribution in [0.1, 0.15) is 35.7 Å². The fourth-order valence-corrected chi connectivity index (χ4v) is 2.07. The number of halogens is 3. The number of alkyl halides is 3. The Kier molecular flexibility index (Phi) is 4.73. The Hall–Kier alpha value is -0.620. The molecule has 6 heteroatoms. The van der Waals surface area contributed by atoms with E-state index in [1.807, 2.05) is 13.8 Å². The second kappa shape index (κ2) is 5.63. The molecule has 1 heterocycles. The van der Waals surface area contributed by atoms with Crippen molar-refractivity contribution in [2.45, 2.75) is 38.9 Å². The molecule has 0 saturated carbocycles. The average Bonchev–Trinajstić information content (AvgIpc) is 2.57. The third-order valence-corrected chi connectivity index (χ3v) is 3.19. The monoisotopic (exact) mass is 252 g/mol. The topological polar surface area (TPSA) is 24.9 Å². The first-order valence-electron chi connectivity index (χ1n) is 5.11. The predicted octanol–water partition coefficient (Wildman–Crippen LogP) is 3.44. The SMILES string of the molecule is Cc1cnc(C(C)NCCCC(F)(F)F)s1. The summed E-state index contributed by atoms with van der Waals surface area (Å²) < 4.78 is 35.6. The number of rotatable bonds is 5. The van der Waals surface area contributed by atoms with Crippen LogP contribution < -0.4 is 5.32 Å². The second-order valence-electron chi connectivity index (χ2n) is 3.70. The summed E-state index contributed by atoms with van der Waals surface area (Å²) >= 11 is 1.56. The molecule has 0 saturated heterocycles. The van der Waals surface area contributed by atoms with Gasteiger partial charge in [0.1, 0.15) is 5.01 Å². The molecule has 1 rings (SSSR count). The van der Waals surface area contributed by atoms with E-state index in [0.29, 0.717) is 6.54 Å². The molecule has 16 heavy (non-hydrogen) atoms. The Morgan fingerprint density at radius 3 is 2.69 bits per heavy atom. The van der Waals surface area contributed by atoms with Crippen molar-refractivity contribution in [3.8, 4) is 0 Å². The van der Waals surface area contributed by atoms with Crippen LogP contribution in [-0.4, -0.2) is 17.7 Å². The number of hydrogen-bond acceptors (Lipinski definition) is 3. The van der Waals surface area contributed by atoms with Gasteiger partial charge in [-0.25, -0.2) is 4.98 Å². The highest BCUT2D eigenvalue weighted by Gasteiger charge is 2.25. The maximum atomic E-state index is 11.9. The molecule has 0 aliphatic heterocycles. The van der Waals surface area contributed by atoms with Crippen LogP contribution >= 0.6 is 11.3 Å². The quantitative estimate of drug-likeness (QED) is 0.812. The van der Waals surface area contributed by atoms with E-state index < -0.39 is 12.6 Å². The summed E-state index contributed by atoms with van der Waals surface area (Å²) in [6.45, 7) is 4.22. The largest absolute Gasteiger partial charge is 0.389 e. The molecule has 1 aromatic rings. The minimum Gasteiger partial charge on any atom is -0.308 e. The Bertz CT molecular complexity index is 322. The molecule has 0 amide bonds. The second-order valence-corrected chi connectivity index (χ2v) is 4.97. The van der Waals surface area contributed by atoms with Crippen LogP contribution in [0.15, 0.2) is 6.20 Å². The molecule has 0 bridgehead atoms. The number of nitrogens with zero attached hydrogens (tertiary/aromatic N) is 1. The molecule has 0 aliphatic rings. The molecule has 1 N–H and O–H groups in total. The van der Waals surface area contributed by atoms with Crippen molar-refractivity contribution in [1.29, 1.82) is 0 Å². The lowest BCUT2D eigenvalue weighted by molar-refractivity contribution is -0.135. The summed E-state index contributed by atoms with van der Waals surface area (Å²) in [6.07, 6.45) is -2.90. The van der Waals surface area contributed by atoms with E-state index >= 15 is 0 Å². The minimum absolute atomic E-state index is 0.0203. The van der Waals surface area contributed by atoms with Crippen molar-refractivity contribution in [3.05, 3.63) is 16.1 Å². The predicted molar refractivity (Wildman–Crippen MR) is 58.6 cm³/mol. The van der Waals surface area contributed by atoms with Gasteiger partial charge in [0.2, 0.25) is 0 Å². The van der Waals surface area contributed by atoms with Gasteiger partial charge in [-0.3, -0.25) is 0 Å². The molecule has 2 nitrogen and oxygen atoms in total. The van der Waals surface area contributed by atoms with Gasteiger partial charge >= 0.3 is 6.18 Å². The van der Waals surface area contributed by atoms with Gasteiger partial charge in [0.05, 0.1) is 6.04 Å². The van der Waals surface area contributed by atoms with Gasteiger partial charge in [0, 0.05) is 17.5 Å². The Balaban J connectivity index is 2.23. The van der Waals surface area contributed by atoms with Gasteiger partial charge < -0.3 is 5.32 Å². The van der Waals surface area contributed by atoms with Crippen molar-refractivity contribution in [2.75, 3.05) is 6.54 Å². The van der Waals surface area contributed by atoms with Crippen LogP contribution in [0, 0.1) is 6.92 Å². The fourth-order valence-electron chi connectivity index (χ4n) is 1.27. The Labute approximate surface area is 96.9 Å². The van der Waals surface area contributed by atoms with Gasteiger partial charge in [-0.2, -0.15) is 13.2 Å². The summed E-state index contributed by atoms with van der Waals surface area (Å²) in [5, 5.41) is 3.95. The smallest absolute Gasteiger partial charge is 0.308 e. The highest BCUT2D eigenvalue weighted by molar-refractivity contribution is 7.11. The van der Waals surface area contributed by atoms with E-state index in [2.05, 4.69) is 10.3 Å². The van der Waals surface area contributed by atoms with Crippen LogP contribution in [0.25, 0.3) is 0 Å². The van der Waals surface area contributed by atoms with Gasteiger partial charge in [0.25, 0.3) is 0 Å². The number of thiazole rings is 1. The number of aryl methyl sites for hydroxylation is 1. The maximum Gasteiger partial charge on any atom is 0.389 e. The van der Waals surface area contributed by atoms with E-state index in [-0.39, 0.29) is 12.5 Å². The highest BCUT2D eigenvalue weighted by atomic mass is 32.1. The number of aromatic nitrogens is 1. The normalized spacial score (nSPS) is 14.1.